The molecule has 132 valence electrons. The van der Waals surface area contributed by atoms with E-state index in [0.29, 0.717) is 5.56 Å². The van der Waals surface area contributed by atoms with Gasteiger partial charge in [-0.2, -0.15) is 5.10 Å². The van der Waals surface area contributed by atoms with E-state index in [4.69, 9.17) is 0 Å². The van der Waals surface area contributed by atoms with Crippen molar-refractivity contribution >= 4 is 5.91 Å². The van der Waals surface area contributed by atoms with Gasteiger partial charge in [-0.05, 0) is 49.9 Å². The van der Waals surface area contributed by atoms with Gasteiger partial charge in [0.1, 0.15) is 0 Å². The topological polar surface area (TPSA) is 79.8 Å². The summed E-state index contributed by atoms with van der Waals surface area (Å²) in [6, 6.07) is 13.0. The van der Waals surface area contributed by atoms with Gasteiger partial charge in [0.2, 0.25) is 5.56 Å². The molecule has 4 rings (SSSR count). The first kappa shape index (κ1) is 16.3. The zero-order valence-corrected chi connectivity index (χ0v) is 14.5. The Morgan fingerprint density at radius 3 is 2.85 bits per heavy atom. The van der Waals surface area contributed by atoms with Crippen LogP contribution in [0.3, 0.4) is 0 Å². The van der Waals surface area contributed by atoms with Gasteiger partial charge in [0.05, 0.1) is 29.2 Å². The Balaban J connectivity index is 1.59. The van der Waals surface area contributed by atoms with E-state index in [9.17, 15) is 9.59 Å². The van der Waals surface area contributed by atoms with Crippen molar-refractivity contribution < 1.29 is 4.79 Å². The van der Waals surface area contributed by atoms with E-state index in [-0.39, 0.29) is 17.5 Å². The highest BCUT2D eigenvalue weighted by atomic mass is 16.1. The standard InChI is InChI=1S/C20H20N4O2/c1-13-16(12-21-24(13)14-6-3-2-4-7-14)20(26)23-18-9-5-8-17-15(18)10-11-19(25)22-17/h2-4,6-7,10-12,18H,5,8-9H2,1H3,(H,22,25)(H,23,26). The SMILES string of the molecule is Cc1c(C(=O)NC2CCCc3[nH]c(=O)ccc32)cnn1-c1ccccc1. The number of hydrogen-bond acceptors (Lipinski definition) is 3. The molecular weight excluding hydrogens is 328 g/mol. The second kappa shape index (κ2) is 6.63. The zero-order valence-electron chi connectivity index (χ0n) is 14.5. The third-order valence-electron chi connectivity index (χ3n) is 4.89. The van der Waals surface area contributed by atoms with Crippen LogP contribution >= 0.6 is 0 Å². The van der Waals surface area contributed by atoms with E-state index in [2.05, 4.69) is 15.4 Å². The molecule has 1 atom stereocenters. The molecule has 1 aliphatic rings. The lowest BCUT2D eigenvalue weighted by atomic mass is 9.91. The average molecular weight is 348 g/mol. The predicted octanol–water partition coefficient (Wildman–Crippen LogP) is 2.68. The van der Waals surface area contributed by atoms with E-state index < -0.39 is 0 Å². The minimum atomic E-state index is -0.145. The second-order valence-corrected chi connectivity index (χ2v) is 6.57. The van der Waals surface area contributed by atoms with Gasteiger partial charge in [0, 0.05) is 11.8 Å². The molecule has 0 spiro atoms. The van der Waals surface area contributed by atoms with Gasteiger partial charge in [-0.3, -0.25) is 9.59 Å². The summed E-state index contributed by atoms with van der Waals surface area (Å²) in [6.07, 6.45) is 4.23. The molecule has 2 heterocycles. The van der Waals surface area contributed by atoms with Gasteiger partial charge in [0.15, 0.2) is 0 Å². The van der Waals surface area contributed by atoms with Crippen LogP contribution in [0.1, 0.15) is 46.2 Å². The maximum Gasteiger partial charge on any atom is 0.255 e. The highest BCUT2D eigenvalue weighted by molar-refractivity contribution is 5.95. The summed E-state index contributed by atoms with van der Waals surface area (Å²) >= 11 is 0. The maximum absolute atomic E-state index is 12.8. The van der Waals surface area contributed by atoms with Crippen LogP contribution in [0.4, 0.5) is 0 Å². The third kappa shape index (κ3) is 2.94. The maximum atomic E-state index is 12.8. The molecule has 0 radical (unpaired) electrons. The van der Waals surface area contributed by atoms with E-state index in [0.717, 1.165) is 41.9 Å². The summed E-state index contributed by atoms with van der Waals surface area (Å²) in [5.74, 6) is -0.145. The highest BCUT2D eigenvalue weighted by Gasteiger charge is 2.24. The summed E-state index contributed by atoms with van der Waals surface area (Å²) in [7, 11) is 0. The Morgan fingerprint density at radius 1 is 1.23 bits per heavy atom. The molecule has 1 unspecified atom stereocenters. The van der Waals surface area contributed by atoms with Gasteiger partial charge in [-0.15, -0.1) is 0 Å². The lowest BCUT2D eigenvalue weighted by Crippen LogP contribution is -2.32. The van der Waals surface area contributed by atoms with Crippen LogP contribution in [-0.2, 0) is 6.42 Å². The molecule has 6 heteroatoms. The molecular formula is C20H20N4O2. The number of benzene rings is 1. The number of carbonyl (C=O) groups is 1. The monoisotopic (exact) mass is 348 g/mol. The van der Waals surface area contributed by atoms with E-state index in [1.54, 1.807) is 10.9 Å². The molecule has 2 N–H and O–H groups in total. The number of aryl methyl sites for hydroxylation is 1. The summed E-state index contributed by atoms with van der Waals surface area (Å²) in [5.41, 5.74) is 4.10. The number of nitrogens with one attached hydrogen (secondary N) is 2. The highest BCUT2D eigenvalue weighted by Crippen LogP contribution is 2.28. The van der Waals surface area contributed by atoms with Crippen molar-refractivity contribution in [2.75, 3.05) is 0 Å². The molecule has 26 heavy (non-hydrogen) atoms. The number of carbonyl (C=O) groups excluding carboxylic acids is 1. The van der Waals surface area contributed by atoms with Gasteiger partial charge in [0.25, 0.3) is 5.91 Å². The molecule has 1 amide bonds. The van der Waals surface area contributed by atoms with Crippen molar-refractivity contribution in [3.63, 3.8) is 0 Å². The van der Waals surface area contributed by atoms with Crippen LogP contribution in [0, 0.1) is 6.92 Å². The first-order chi connectivity index (χ1) is 12.6. The third-order valence-corrected chi connectivity index (χ3v) is 4.89. The molecule has 0 fully saturated rings. The minimum Gasteiger partial charge on any atom is -0.345 e. The van der Waals surface area contributed by atoms with Crippen LogP contribution in [0.2, 0.25) is 0 Å². The van der Waals surface area contributed by atoms with Crippen LogP contribution in [0.25, 0.3) is 5.69 Å². The van der Waals surface area contributed by atoms with Crippen molar-refractivity contribution in [3.8, 4) is 5.69 Å². The van der Waals surface area contributed by atoms with Crippen molar-refractivity contribution in [2.24, 2.45) is 0 Å². The molecule has 2 aromatic heterocycles. The average Bonchev–Trinajstić information content (AvgIpc) is 3.04. The summed E-state index contributed by atoms with van der Waals surface area (Å²) in [6.45, 7) is 1.89. The molecule has 1 aromatic carbocycles. The Kier molecular flexibility index (Phi) is 4.16. The smallest absolute Gasteiger partial charge is 0.255 e. The molecule has 0 aliphatic heterocycles. The van der Waals surface area contributed by atoms with E-state index >= 15 is 0 Å². The molecule has 6 nitrogen and oxygen atoms in total. The number of H-pyrrole nitrogens is 1. The molecule has 1 aliphatic carbocycles. The largest absolute Gasteiger partial charge is 0.345 e. The number of amides is 1. The molecule has 0 saturated carbocycles. The quantitative estimate of drug-likeness (QED) is 0.764. The Morgan fingerprint density at radius 2 is 2.04 bits per heavy atom. The van der Waals surface area contributed by atoms with Gasteiger partial charge >= 0.3 is 0 Å². The summed E-state index contributed by atoms with van der Waals surface area (Å²) in [5, 5.41) is 7.47. The predicted molar refractivity (Wildman–Crippen MR) is 98.5 cm³/mol. The van der Waals surface area contributed by atoms with Crippen LogP contribution in [-0.4, -0.2) is 20.7 Å². The Bertz CT molecular complexity index is 1000. The fraction of sp³-hybridized carbons (Fsp3) is 0.250. The molecule has 0 saturated heterocycles. The molecule has 3 aromatic rings. The fourth-order valence-electron chi connectivity index (χ4n) is 3.55. The van der Waals surface area contributed by atoms with Crippen LogP contribution < -0.4 is 10.9 Å². The Labute approximate surface area is 150 Å². The number of fused-ring (bicyclic) bond motifs is 1. The summed E-state index contributed by atoms with van der Waals surface area (Å²) in [4.78, 5) is 27.2. The number of hydrogen-bond donors (Lipinski definition) is 2. The fourth-order valence-corrected chi connectivity index (χ4v) is 3.55. The van der Waals surface area contributed by atoms with Crippen molar-refractivity contribution in [2.45, 2.75) is 32.2 Å². The number of para-hydroxylation sites is 1. The zero-order chi connectivity index (χ0) is 18.1. The van der Waals surface area contributed by atoms with E-state index in [1.165, 1.54) is 6.07 Å². The van der Waals surface area contributed by atoms with Gasteiger partial charge in [-0.25, -0.2) is 4.68 Å². The van der Waals surface area contributed by atoms with Crippen molar-refractivity contribution in [1.82, 2.24) is 20.1 Å². The number of aromatic nitrogens is 3. The normalized spacial score (nSPS) is 16.1. The van der Waals surface area contributed by atoms with E-state index in [1.807, 2.05) is 43.3 Å². The van der Waals surface area contributed by atoms with Gasteiger partial charge < -0.3 is 10.3 Å². The number of pyridine rings is 1. The first-order valence-electron chi connectivity index (χ1n) is 8.76. The number of nitrogens with zero attached hydrogens (tertiary/aromatic N) is 2. The van der Waals surface area contributed by atoms with Crippen molar-refractivity contribution in [3.05, 3.63) is 81.5 Å². The van der Waals surface area contributed by atoms with Crippen LogP contribution in [0.5, 0.6) is 0 Å². The lowest BCUT2D eigenvalue weighted by molar-refractivity contribution is 0.0932. The Hall–Kier alpha value is -3.15. The molecule has 0 bridgehead atoms. The number of aromatic amines is 1. The minimum absolute atomic E-state index is 0.0948. The second-order valence-electron chi connectivity index (χ2n) is 6.57. The van der Waals surface area contributed by atoms with Crippen molar-refractivity contribution in [1.29, 1.82) is 0 Å². The van der Waals surface area contributed by atoms with Crippen LogP contribution in [0.15, 0.2) is 53.5 Å². The van der Waals surface area contributed by atoms with Gasteiger partial charge in [-0.1, -0.05) is 18.2 Å². The lowest BCUT2D eigenvalue weighted by Gasteiger charge is -2.25. The first-order valence-corrected chi connectivity index (χ1v) is 8.76. The summed E-state index contributed by atoms with van der Waals surface area (Å²) < 4.78 is 1.77. The number of rotatable bonds is 3.